The predicted molar refractivity (Wildman–Crippen MR) is 103 cm³/mol. The van der Waals surface area contributed by atoms with E-state index in [0.717, 1.165) is 51.5 Å². The van der Waals surface area contributed by atoms with Crippen LogP contribution in [0.15, 0.2) is 24.3 Å². The van der Waals surface area contributed by atoms with Gasteiger partial charge in [-0.1, -0.05) is 6.07 Å². The van der Waals surface area contributed by atoms with Crippen LogP contribution in [0.25, 0.3) is 0 Å². The second-order valence-electron chi connectivity index (χ2n) is 7.60. The Balaban J connectivity index is 1.54. The molecule has 1 amide bonds. The molecular weight excluding hydrogens is 369 g/mol. The van der Waals surface area contributed by atoms with Gasteiger partial charge in [-0.25, -0.2) is 0 Å². The van der Waals surface area contributed by atoms with Gasteiger partial charge in [0.25, 0.3) is 0 Å². The Morgan fingerprint density at radius 1 is 1.14 bits per heavy atom. The number of nitrogens with zero attached hydrogens (tertiary/aromatic N) is 3. The number of piperidine rings is 1. The molecule has 2 aliphatic rings. The Morgan fingerprint density at radius 2 is 1.89 bits per heavy atom. The van der Waals surface area contributed by atoms with E-state index in [0.29, 0.717) is 37.8 Å². The van der Waals surface area contributed by atoms with E-state index in [-0.39, 0.29) is 5.91 Å². The van der Waals surface area contributed by atoms with Crippen molar-refractivity contribution in [3.8, 4) is 0 Å². The van der Waals surface area contributed by atoms with Crippen LogP contribution in [0, 0.1) is 0 Å². The van der Waals surface area contributed by atoms with Gasteiger partial charge >= 0.3 is 6.18 Å². The summed E-state index contributed by atoms with van der Waals surface area (Å²) in [5.74, 6) is 0.178. The molecule has 0 saturated carbocycles. The summed E-state index contributed by atoms with van der Waals surface area (Å²) in [5.41, 5.74) is 5.52. The lowest BCUT2D eigenvalue weighted by Gasteiger charge is -2.44. The zero-order valence-electron chi connectivity index (χ0n) is 16.1. The molecule has 1 aromatic carbocycles. The zero-order valence-corrected chi connectivity index (χ0v) is 16.1. The van der Waals surface area contributed by atoms with Crippen molar-refractivity contribution in [2.24, 2.45) is 5.73 Å². The Morgan fingerprint density at radius 3 is 2.57 bits per heavy atom. The second kappa shape index (κ2) is 9.13. The number of rotatable bonds is 5. The highest BCUT2D eigenvalue weighted by Gasteiger charge is 2.32. The van der Waals surface area contributed by atoms with Gasteiger partial charge in [0, 0.05) is 57.4 Å². The summed E-state index contributed by atoms with van der Waals surface area (Å²) < 4.78 is 38.9. The van der Waals surface area contributed by atoms with Crippen LogP contribution < -0.4 is 10.6 Å². The molecular formula is C20H29F3N4O. The van der Waals surface area contributed by atoms with Crippen molar-refractivity contribution in [1.82, 2.24) is 9.80 Å². The van der Waals surface area contributed by atoms with Crippen LogP contribution in [-0.4, -0.2) is 67.6 Å². The number of nitrogens with two attached hydrogens (primary N) is 1. The molecule has 1 atom stereocenters. The molecule has 1 aromatic rings. The van der Waals surface area contributed by atoms with Gasteiger partial charge in [-0.3, -0.25) is 9.69 Å². The van der Waals surface area contributed by atoms with Crippen molar-refractivity contribution in [1.29, 1.82) is 0 Å². The van der Waals surface area contributed by atoms with E-state index in [1.807, 2.05) is 9.80 Å². The van der Waals surface area contributed by atoms with Crippen LogP contribution >= 0.6 is 0 Å². The standard InChI is InChI=1S/C20H29F3N4O/c21-20(22,23)16-4-1-5-17(14-16)25-10-12-26(13-11-25)18-6-3-9-27(15-18)19(28)7-2-8-24/h1,4-5,14,18H,2-3,6-13,15,24H2/t18-/m0/s1. The Labute approximate surface area is 164 Å². The van der Waals surface area contributed by atoms with Crippen molar-refractivity contribution < 1.29 is 18.0 Å². The van der Waals surface area contributed by atoms with Gasteiger partial charge in [0.15, 0.2) is 0 Å². The number of anilines is 1. The van der Waals surface area contributed by atoms with E-state index >= 15 is 0 Å². The minimum atomic E-state index is -4.32. The third kappa shape index (κ3) is 5.17. The van der Waals surface area contributed by atoms with Gasteiger partial charge in [-0.05, 0) is 44.0 Å². The molecule has 0 aliphatic carbocycles. The average molecular weight is 398 g/mol. The number of likely N-dealkylation sites (tertiary alicyclic amines) is 1. The van der Waals surface area contributed by atoms with Crippen LogP contribution in [0.5, 0.6) is 0 Å². The van der Waals surface area contributed by atoms with Crippen LogP contribution in [-0.2, 0) is 11.0 Å². The van der Waals surface area contributed by atoms with Crippen LogP contribution in [0.2, 0.25) is 0 Å². The lowest BCUT2D eigenvalue weighted by Crippen LogP contribution is -2.55. The molecule has 2 fully saturated rings. The summed E-state index contributed by atoms with van der Waals surface area (Å²) in [7, 11) is 0. The smallest absolute Gasteiger partial charge is 0.369 e. The Bertz CT molecular complexity index is 659. The van der Waals surface area contributed by atoms with Crippen molar-refractivity contribution in [2.75, 3.05) is 50.7 Å². The quantitative estimate of drug-likeness (QED) is 0.828. The molecule has 3 rings (SSSR count). The first kappa shape index (κ1) is 20.9. The molecule has 5 nitrogen and oxygen atoms in total. The summed E-state index contributed by atoms with van der Waals surface area (Å²) in [6.45, 7) is 5.06. The molecule has 0 radical (unpaired) electrons. The van der Waals surface area contributed by atoms with Crippen LogP contribution in [0.1, 0.15) is 31.2 Å². The maximum absolute atomic E-state index is 13.0. The van der Waals surface area contributed by atoms with Crippen molar-refractivity contribution >= 4 is 11.6 Å². The fourth-order valence-corrected chi connectivity index (χ4v) is 4.11. The highest BCUT2D eigenvalue weighted by Crippen LogP contribution is 2.32. The number of piperazine rings is 1. The topological polar surface area (TPSA) is 52.8 Å². The lowest BCUT2D eigenvalue weighted by molar-refractivity contribution is -0.137. The Kier molecular flexibility index (Phi) is 6.82. The summed E-state index contributed by atoms with van der Waals surface area (Å²) in [4.78, 5) is 18.6. The van der Waals surface area contributed by atoms with E-state index in [1.54, 1.807) is 6.07 Å². The summed E-state index contributed by atoms with van der Waals surface area (Å²) in [6, 6.07) is 5.88. The minimum Gasteiger partial charge on any atom is -0.369 e. The molecule has 2 saturated heterocycles. The number of hydrogen-bond donors (Lipinski definition) is 1. The van der Waals surface area contributed by atoms with E-state index < -0.39 is 11.7 Å². The Hall–Kier alpha value is -1.80. The van der Waals surface area contributed by atoms with Gasteiger partial charge in [0.05, 0.1) is 5.56 Å². The fourth-order valence-electron chi connectivity index (χ4n) is 4.11. The SMILES string of the molecule is NCCCC(=O)N1CCC[C@H](N2CCN(c3cccc(C(F)(F)F)c3)CC2)C1. The van der Waals surface area contributed by atoms with E-state index in [1.165, 1.54) is 12.1 Å². The van der Waals surface area contributed by atoms with E-state index in [4.69, 9.17) is 5.73 Å². The monoisotopic (exact) mass is 398 g/mol. The fraction of sp³-hybridized carbons (Fsp3) is 0.650. The normalized spacial score (nSPS) is 21.8. The van der Waals surface area contributed by atoms with Gasteiger partial charge in [-0.2, -0.15) is 13.2 Å². The molecule has 2 aliphatic heterocycles. The molecule has 0 spiro atoms. The van der Waals surface area contributed by atoms with Crippen LogP contribution in [0.4, 0.5) is 18.9 Å². The highest BCUT2D eigenvalue weighted by molar-refractivity contribution is 5.76. The van der Waals surface area contributed by atoms with Gasteiger partial charge < -0.3 is 15.5 Å². The number of amides is 1. The summed E-state index contributed by atoms with van der Waals surface area (Å²) >= 11 is 0. The minimum absolute atomic E-state index is 0.178. The maximum Gasteiger partial charge on any atom is 0.416 e. The second-order valence-corrected chi connectivity index (χ2v) is 7.60. The average Bonchev–Trinajstić information content (AvgIpc) is 2.71. The third-order valence-electron chi connectivity index (χ3n) is 5.71. The van der Waals surface area contributed by atoms with E-state index in [2.05, 4.69) is 4.90 Å². The predicted octanol–water partition coefficient (Wildman–Crippen LogP) is 2.56. The first-order chi connectivity index (χ1) is 13.4. The first-order valence-electron chi connectivity index (χ1n) is 10.0. The largest absolute Gasteiger partial charge is 0.416 e. The third-order valence-corrected chi connectivity index (χ3v) is 5.71. The first-order valence-corrected chi connectivity index (χ1v) is 10.0. The van der Waals surface area contributed by atoms with Gasteiger partial charge in [-0.15, -0.1) is 0 Å². The van der Waals surface area contributed by atoms with E-state index in [9.17, 15) is 18.0 Å². The molecule has 2 heterocycles. The molecule has 0 bridgehead atoms. The molecule has 156 valence electrons. The number of alkyl halides is 3. The van der Waals surface area contributed by atoms with Crippen molar-refractivity contribution in [3.63, 3.8) is 0 Å². The van der Waals surface area contributed by atoms with Gasteiger partial charge in [0.1, 0.15) is 0 Å². The molecule has 28 heavy (non-hydrogen) atoms. The molecule has 2 N–H and O–H groups in total. The summed E-state index contributed by atoms with van der Waals surface area (Å²) in [5, 5.41) is 0. The molecule has 0 aromatic heterocycles. The highest BCUT2D eigenvalue weighted by atomic mass is 19.4. The number of benzene rings is 1. The lowest BCUT2D eigenvalue weighted by atomic mass is 10.0. The van der Waals surface area contributed by atoms with Crippen molar-refractivity contribution in [2.45, 2.75) is 37.9 Å². The number of halogens is 3. The number of hydrogen-bond acceptors (Lipinski definition) is 4. The maximum atomic E-state index is 13.0. The zero-order chi connectivity index (χ0) is 20.1. The molecule has 0 unspecified atom stereocenters. The van der Waals surface area contributed by atoms with Crippen molar-refractivity contribution in [3.05, 3.63) is 29.8 Å². The number of carbonyl (C=O) groups is 1. The number of carbonyl (C=O) groups excluding carboxylic acids is 1. The molecule has 8 heteroatoms. The van der Waals surface area contributed by atoms with Gasteiger partial charge in [0.2, 0.25) is 5.91 Å². The summed E-state index contributed by atoms with van der Waals surface area (Å²) in [6.07, 6.45) is -1.04. The van der Waals surface area contributed by atoms with Crippen LogP contribution in [0.3, 0.4) is 0 Å².